The number of pyridine rings is 1. The zero-order valence-electron chi connectivity index (χ0n) is 14.9. The molecular formula is C20H23N5O. The fourth-order valence-electron chi connectivity index (χ4n) is 2.75. The molecule has 0 fully saturated rings. The number of fused-ring (bicyclic) bond motifs is 1. The smallest absolute Gasteiger partial charge is 0.222 e. The van der Waals surface area contributed by atoms with Crippen LogP contribution in [-0.4, -0.2) is 45.9 Å². The van der Waals surface area contributed by atoms with Gasteiger partial charge in [0.1, 0.15) is 12.1 Å². The SMILES string of the molecule is CN(CCc1ccncc1)C(=O)CCCNc1ncnc2ccccc12. The van der Waals surface area contributed by atoms with Crippen molar-refractivity contribution in [3.63, 3.8) is 0 Å². The molecule has 0 aliphatic carbocycles. The lowest BCUT2D eigenvalue weighted by Crippen LogP contribution is -2.29. The van der Waals surface area contributed by atoms with Crippen LogP contribution in [-0.2, 0) is 11.2 Å². The fourth-order valence-corrected chi connectivity index (χ4v) is 2.75. The molecule has 2 heterocycles. The molecular weight excluding hydrogens is 326 g/mol. The van der Waals surface area contributed by atoms with Gasteiger partial charge in [-0.1, -0.05) is 12.1 Å². The van der Waals surface area contributed by atoms with Gasteiger partial charge in [0.25, 0.3) is 0 Å². The van der Waals surface area contributed by atoms with Crippen molar-refractivity contribution in [2.75, 3.05) is 25.5 Å². The molecule has 1 aromatic carbocycles. The van der Waals surface area contributed by atoms with Gasteiger partial charge < -0.3 is 10.2 Å². The standard InChI is InChI=1S/C20H23N5O/c1-25(14-10-16-8-12-21-13-9-16)19(26)7-4-11-22-20-17-5-2-3-6-18(17)23-15-24-20/h2-3,5-6,8-9,12-13,15H,4,7,10-11,14H2,1H3,(H,22,23,24). The summed E-state index contributed by atoms with van der Waals surface area (Å²) in [4.78, 5) is 26.6. The monoisotopic (exact) mass is 349 g/mol. The van der Waals surface area contributed by atoms with Crippen LogP contribution in [0.1, 0.15) is 18.4 Å². The summed E-state index contributed by atoms with van der Waals surface area (Å²) in [6, 6.07) is 11.8. The summed E-state index contributed by atoms with van der Waals surface area (Å²) in [5.41, 5.74) is 2.11. The lowest BCUT2D eigenvalue weighted by molar-refractivity contribution is -0.129. The van der Waals surface area contributed by atoms with E-state index in [1.807, 2.05) is 43.4 Å². The van der Waals surface area contributed by atoms with Gasteiger partial charge >= 0.3 is 0 Å². The van der Waals surface area contributed by atoms with Gasteiger partial charge in [-0.25, -0.2) is 9.97 Å². The molecule has 0 saturated heterocycles. The van der Waals surface area contributed by atoms with Gasteiger partial charge in [0.05, 0.1) is 5.52 Å². The number of likely N-dealkylation sites (N-methyl/N-ethyl adjacent to an activating group) is 1. The van der Waals surface area contributed by atoms with Crippen LogP contribution in [0.25, 0.3) is 10.9 Å². The van der Waals surface area contributed by atoms with Gasteiger partial charge in [-0.15, -0.1) is 0 Å². The van der Waals surface area contributed by atoms with Crippen LogP contribution in [0.3, 0.4) is 0 Å². The first-order valence-corrected chi connectivity index (χ1v) is 8.80. The largest absolute Gasteiger partial charge is 0.369 e. The van der Waals surface area contributed by atoms with Crippen molar-refractivity contribution in [3.05, 3.63) is 60.7 Å². The van der Waals surface area contributed by atoms with Crippen molar-refractivity contribution in [3.8, 4) is 0 Å². The Kier molecular flexibility index (Phi) is 6.09. The predicted molar refractivity (Wildman–Crippen MR) is 103 cm³/mol. The van der Waals surface area contributed by atoms with Crippen LogP contribution in [0.15, 0.2) is 55.1 Å². The zero-order chi connectivity index (χ0) is 18.2. The number of nitrogens with zero attached hydrogens (tertiary/aromatic N) is 4. The van der Waals surface area contributed by atoms with Gasteiger partial charge in [-0.3, -0.25) is 9.78 Å². The number of hydrogen-bond donors (Lipinski definition) is 1. The van der Waals surface area contributed by atoms with Crippen LogP contribution in [0, 0.1) is 0 Å². The van der Waals surface area contributed by atoms with E-state index >= 15 is 0 Å². The minimum atomic E-state index is 0.161. The normalized spacial score (nSPS) is 10.7. The van der Waals surface area contributed by atoms with E-state index in [4.69, 9.17) is 0 Å². The molecule has 0 aliphatic rings. The van der Waals surface area contributed by atoms with Gasteiger partial charge in [0, 0.05) is 44.3 Å². The summed E-state index contributed by atoms with van der Waals surface area (Å²) in [6.07, 6.45) is 7.23. The Morgan fingerprint density at radius 2 is 1.92 bits per heavy atom. The van der Waals surface area contributed by atoms with Crippen molar-refractivity contribution in [1.82, 2.24) is 19.9 Å². The molecule has 1 N–H and O–H groups in total. The van der Waals surface area contributed by atoms with E-state index in [0.717, 1.165) is 29.6 Å². The van der Waals surface area contributed by atoms with E-state index in [2.05, 4.69) is 20.3 Å². The van der Waals surface area contributed by atoms with E-state index in [1.165, 1.54) is 5.56 Å². The van der Waals surface area contributed by atoms with Crippen LogP contribution >= 0.6 is 0 Å². The Labute approximate surface area is 153 Å². The third-order valence-electron chi connectivity index (χ3n) is 4.31. The third kappa shape index (κ3) is 4.75. The van der Waals surface area contributed by atoms with Crippen molar-refractivity contribution in [2.24, 2.45) is 0 Å². The van der Waals surface area contributed by atoms with Gasteiger partial charge in [0.2, 0.25) is 5.91 Å². The summed E-state index contributed by atoms with van der Waals surface area (Å²) >= 11 is 0. The maximum Gasteiger partial charge on any atom is 0.222 e. The lowest BCUT2D eigenvalue weighted by atomic mass is 10.2. The highest BCUT2D eigenvalue weighted by molar-refractivity contribution is 5.88. The predicted octanol–water partition coefficient (Wildman–Crippen LogP) is 2.92. The van der Waals surface area contributed by atoms with E-state index in [0.29, 0.717) is 19.5 Å². The summed E-state index contributed by atoms with van der Waals surface area (Å²) < 4.78 is 0. The van der Waals surface area contributed by atoms with Crippen LogP contribution in [0.4, 0.5) is 5.82 Å². The molecule has 1 amide bonds. The van der Waals surface area contributed by atoms with Gasteiger partial charge in [-0.05, 0) is 42.7 Å². The summed E-state index contributed by atoms with van der Waals surface area (Å²) in [6.45, 7) is 1.41. The number of hydrogen-bond acceptors (Lipinski definition) is 5. The Balaban J connectivity index is 1.42. The second-order valence-electron chi connectivity index (χ2n) is 6.19. The number of aromatic nitrogens is 3. The maximum absolute atomic E-state index is 12.2. The van der Waals surface area contributed by atoms with Crippen molar-refractivity contribution < 1.29 is 4.79 Å². The lowest BCUT2D eigenvalue weighted by Gasteiger charge is -2.17. The van der Waals surface area contributed by atoms with Crippen molar-refractivity contribution >= 4 is 22.6 Å². The molecule has 0 bridgehead atoms. The minimum Gasteiger partial charge on any atom is -0.369 e. The molecule has 3 aromatic rings. The molecule has 0 aliphatic heterocycles. The number of rotatable bonds is 8. The van der Waals surface area contributed by atoms with E-state index in [1.54, 1.807) is 23.6 Å². The molecule has 6 heteroatoms. The molecule has 3 rings (SSSR count). The minimum absolute atomic E-state index is 0.161. The molecule has 6 nitrogen and oxygen atoms in total. The number of nitrogens with one attached hydrogen (secondary N) is 1. The molecule has 0 saturated carbocycles. The Hall–Kier alpha value is -3.02. The highest BCUT2D eigenvalue weighted by Gasteiger charge is 2.09. The molecule has 2 aromatic heterocycles. The van der Waals surface area contributed by atoms with Gasteiger partial charge in [-0.2, -0.15) is 0 Å². The Morgan fingerprint density at radius 3 is 2.77 bits per heavy atom. The Bertz CT molecular complexity index is 848. The topological polar surface area (TPSA) is 71.0 Å². The second-order valence-corrected chi connectivity index (χ2v) is 6.19. The number of carbonyl (C=O) groups excluding carboxylic acids is 1. The maximum atomic E-state index is 12.2. The first kappa shape index (κ1) is 17.8. The number of para-hydroxylation sites is 1. The molecule has 26 heavy (non-hydrogen) atoms. The molecule has 0 unspecified atom stereocenters. The summed E-state index contributed by atoms with van der Waals surface area (Å²) in [7, 11) is 1.86. The van der Waals surface area contributed by atoms with E-state index in [9.17, 15) is 4.79 Å². The summed E-state index contributed by atoms with van der Waals surface area (Å²) in [5.74, 6) is 0.975. The van der Waals surface area contributed by atoms with Crippen molar-refractivity contribution in [1.29, 1.82) is 0 Å². The van der Waals surface area contributed by atoms with Gasteiger partial charge in [0.15, 0.2) is 0 Å². The fraction of sp³-hybridized carbons (Fsp3) is 0.300. The number of carbonyl (C=O) groups is 1. The molecule has 0 spiro atoms. The van der Waals surface area contributed by atoms with E-state index in [-0.39, 0.29) is 5.91 Å². The number of benzene rings is 1. The number of anilines is 1. The molecule has 0 atom stereocenters. The highest BCUT2D eigenvalue weighted by Crippen LogP contribution is 2.18. The zero-order valence-corrected chi connectivity index (χ0v) is 14.9. The van der Waals surface area contributed by atoms with Crippen LogP contribution < -0.4 is 5.32 Å². The summed E-state index contributed by atoms with van der Waals surface area (Å²) in [5, 5.41) is 4.31. The molecule has 134 valence electrons. The van der Waals surface area contributed by atoms with Crippen molar-refractivity contribution in [2.45, 2.75) is 19.3 Å². The van der Waals surface area contributed by atoms with Crippen LogP contribution in [0.5, 0.6) is 0 Å². The van der Waals surface area contributed by atoms with Crippen LogP contribution in [0.2, 0.25) is 0 Å². The number of amides is 1. The van der Waals surface area contributed by atoms with E-state index < -0.39 is 0 Å². The highest BCUT2D eigenvalue weighted by atomic mass is 16.2. The first-order valence-electron chi connectivity index (χ1n) is 8.80. The average molecular weight is 349 g/mol. The average Bonchev–Trinajstić information content (AvgIpc) is 2.70. The quantitative estimate of drug-likeness (QED) is 0.633. The third-order valence-corrected chi connectivity index (χ3v) is 4.31. The second kappa shape index (κ2) is 8.89. The Morgan fingerprint density at radius 1 is 1.12 bits per heavy atom. The first-order chi connectivity index (χ1) is 12.7. The molecule has 0 radical (unpaired) electrons.